The van der Waals surface area contributed by atoms with E-state index in [-0.39, 0.29) is 26.2 Å². The number of rotatable bonds is 4. The Kier molecular flexibility index (Phi) is 4.67. The number of benzene rings is 2. The van der Waals surface area contributed by atoms with E-state index in [1.165, 1.54) is 12.1 Å². The summed E-state index contributed by atoms with van der Waals surface area (Å²) in [5.74, 6) is -1.10. The molecular weight excluding hydrogens is 335 g/mol. The Hall–Kier alpha value is -2.68. The monoisotopic (exact) mass is 346 g/mol. The quantitative estimate of drug-likeness (QED) is 0.502. The van der Waals surface area contributed by atoms with Gasteiger partial charge >= 0.3 is 127 Å². The van der Waals surface area contributed by atoms with Crippen LogP contribution in [0.25, 0.3) is 0 Å². The number of azo groups is 1. The SMILES string of the molecule is N#C[Se]c1ccc(N=Nc2ccc(N)c(C(=O)O)c2)cc1. The molecule has 0 amide bonds. The van der Waals surface area contributed by atoms with Crippen molar-refractivity contribution in [3.8, 4) is 4.97 Å². The summed E-state index contributed by atoms with van der Waals surface area (Å²) < 4.78 is 0.963. The molecule has 0 radical (unpaired) electrons. The fraction of sp³-hybridized carbons (Fsp3) is 0. The van der Waals surface area contributed by atoms with E-state index < -0.39 is 5.97 Å². The average molecular weight is 345 g/mol. The molecule has 104 valence electrons. The summed E-state index contributed by atoms with van der Waals surface area (Å²) >= 11 is -0.191. The van der Waals surface area contributed by atoms with Gasteiger partial charge in [0.1, 0.15) is 0 Å². The van der Waals surface area contributed by atoms with Crippen molar-refractivity contribution in [1.29, 1.82) is 5.26 Å². The Morgan fingerprint density at radius 3 is 2.38 bits per heavy atom. The Morgan fingerprint density at radius 1 is 1.14 bits per heavy atom. The molecule has 21 heavy (non-hydrogen) atoms. The third-order valence-corrected chi connectivity index (χ3v) is 3.81. The van der Waals surface area contributed by atoms with Gasteiger partial charge in [0.25, 0.3) is 0 Å². The zero-order valence-corrected chi connectivity index (χ0v) is 12.4. The topological polar surface area (TPSA) is 112 Å². The van der Waals surface area contributed by atoms with Crippen LogP contribution in [0.1, 0.15) is 10.4 Å². The minimum absolute atomic E-state index is 0.00137. The van der Waals surface area contributed by atoms with Gasteiger partial charge in [-0.1, -0.05) is 0 Å². The van der Waals surface area contributed by atoms with E-state index in [0.29, 0.717) is 11.4 Å². The Bertz CT molecular complexity index is 736. The van der Waals surface area contributed by atoms with Crippen LogP contribution in [0.3, 0.4) is 0 Å². The third kappa shape index (κ3) is 3.89. The molecule has 0 heterocycles. The molecule has 0 aliphatic heterocycles. The molecule has 0 aliphatic carbocycles. The molecule has 7 heteroatoms. The summed E-state index contributed by atoms with van der Waals surface area (Å²) in [5, 5.41) is 25.6. The second kappa shape index (κ2) is 6.66. The number of carboxylic acids is 1. The predicted octanol–water partition coefficient (Wildman–Crippen LogP) is 2.19. The summed E-state index contributed by atoms with van der Waals surface area (Å²) in [6.45, 7) is 0. The molecule has 0 unspecified atom stereocenters. The van der Waals surface area contributed by atoms with Crippen LogP contribution < -0.4 is 10.2 Å². The standard InChI is InChI=1S/C14H10N4O2Se/c15-8-21-11-4-1-9(2-5-11)17-18-10-3-6-13(16)12(7-10)14(19)20/h1-7H,16H2,(H,19,20). The first kappa shape index (κ1) is 14.7. The van der Waals surface area contributed by atoms with E-state index in [2.05, 4.69) is 15.2 Å². The number of nitrogens with two attached hydrogens (primary N) is 1. The van der Waals surface area contributed by atoms with Crippen LogP contribution in [0.4, 0.5) is 17.1 Å². The van der Waals surface area contributed by atoms with Crippen molar-refractivity contribution in [1.82, 2.24) is 0 Å². The zero-order chi connectivity index (χ0) is 15.2. The summed E-state index contributed by atoms with van der Waals surface area (Å²) in [6, 6.07) is 11.6. The van der Waals surface area contributed by atoms with Gasteiger partial charge in [0, 0.05) is 0 Å². The van der Waals surface area contributed by atoms with E-state index in [4.69, 9.17) is 16.1 Å². The summed E-state index contributed by atoms with van der Waals surface area (Å²) in [4.78, 5) is 13.1. The molecule has 0 saturated carbocycles. The van der Waals surface area contributed by atoms with Crippen LogP contribution in [-0.4, -0.2) is 26.0 Å². The van der Waals surface area contributed by atoms with Crippen LogP contribution in [0.5, 0.6) is 0 Å². The molecule has 0 atom stereocenters. The molecule has 0 aliphatic rings. The third-order valence-electron chi connectivity index (χ3n) is 2.55. The molecule has 2 aromatic carbocycles. The second-order valence-corrected chi connectivity index (χ2v) is 5.76. The molecule has 0 fully saturated rings. The Labute approximate surface area is 127 Å². The fourth-order valence-corrected chi connectivity index (χ4v) is 2.33. The van der Waals surface area contributed by atoms with Gasteiger partial charge < -0.3 is 0 Å². The first-order valence-corrected chi connectivity index (χ1v) is 7.52. The zero-order valence-electron chi connectivity index (χ0n) is 10.7. The van der Waals surface area contributed by atoms with Gasteiger partial charge in [-0.05, 0) is 0 Å². The summed E-state index contributed by atoms with van der Waals surface area (Å²) in [6.07, 6.45) is 0. The van der Waals surface area contributed by atoms with E-state index in [1.54, 1.807) is 18.2 Å². The van der Waals surface area contributed by atoms with Gasteiger partial charge in [0.2, 0.25) is 0 Å². The number of hydrogen-bond donors (Lipinski definition) is 2. The molecular formula is C14H10N4O2Se. The number of anilines is 1. The van der Waals surface area contributed by atoms with Gasteiger partial charge in [0.05, 0.1) is 0 Å². The van der Waals surface area contributed by atoms with Crippen LogP contribution in [0.15, 0.2) is 52.7 Å². The summed E-state index contributed by atoms with van der Waals surface area (Å²) in [7, 11) is 0. The minimum atomic E-state index is -1.10. The van der Waals surface area contributed by atoms with E-state index >= 15 is 0 Å². The van der Waals surface area contributed by atoms with E-state index in [1.807, 2.05) is 12.1 Å². The number of aromatic carboxylic acids is 1. The van der Waals surface area contributed by atoms with Crippen molar-refractivity contribution >= 4 is 42.5 Å². The number of nitrogen functional groups attached to an aromatic ring is 1. The fourth-order valence-electron chi connectivity index (χ4n) is 1.54. The van der Waals surface area contributed by atoms with Gasteiger partial charge in [-0.15, -0.1) is 0 Å². The van der Waals surface area contributed by atoms with Crippen LogP contribution in [0, 0.1) is 10.2 Å². The number of nitriles is 1. The van der Waals surface area contributed by atoms with Gasteiger partial charge in [-0.25, -0.2) is 0 Å². The predicted molar refractivity (Wildman–Crippen MR) is 79.4 cm³/mol. The van der Waals surface area contributed by atoms with Crippen molar-refractivity contribution in [3.63, 3.8) is 0 Å². The first-order valence-electron chi connectivity index (χ1n) is 5.80. The van der Waals surface area contributed by atoms with Gasteiger partial charge in [0.15, 0.2) is 0 Å². The Morgan fingerprint density at radius 2 is 1.76 bits per heavy atom. The molecule has 3 N–H and O–H groups in total. The van der Waals surface area contributed by atoms with Crippen LogP contribution >= 0.6 is 0 Å². The molecule has 6 nitrogen and oxygen atoms in total. The number of carboxylic acid groups (broad SMARTS) is 1. The van der Waals surface area contributed by atoms with Gasteiger partial charge in [-0.2, -0.15) is 0 Å². The molecule has 0 bridgehead atoms. The Balaban J connectivity index is 2.19. The maximum absolute atomic E-state index is 11.0. The normalized spacial score (nSPS) is 10.4. The second-order valence-electron chi connectivity index (χ2n) is 3.96. The number of hydrogen-bond acceptors (Lipinski definition) is 5. The first-order chi connectivity index (χ1) is 10.1. The van der Waals surface area contributed by atoms with Crippen LogP contribution in [-0.2, 0) is 0 Å². The molecule has 2 rings (SSSR count). The molecule has 0 aromatic heterocycles. The number of carbonyl (C=O) groups is 1. The van der Waals surface area contributed by atoms with Crippen molar-refractivity contribution < 1.29 is 9.90 Å². The van der Waals surface area contributed by atoms with Crippen LogP contribution in [0.2, 0.25) is 0 Å². The van der Waals surface area contributed by atoms with Crippen molar-refractivity contribution in [2.45, 2.75) is 0 Å². The average Bonchev–Trinajstić information content (AvgIpc) is 2.48. The maximum atomic E-state index is 11.0. The van der Waals surface area contributed by atoms with E-state index in [0.717, 1.165) is 4.46 Å². The van der Waals surface area contributed by atoms with Crippen molar-refractivity contribution in [2.75, 3.05) is 5.73 Å². The number of nitrogens with zero attached hydrogens (tertiary/aromatic N) is 3. The van der Waals surface area contributed by atoms with Crippen molar-refractivity contribution in [2.24, 2.45) is 10.2 Å². The summed E-state index contributed by atoms with van der Waals surface area (Å²) in [5.41, 5.74) is 6.78. The molecule has 2 aromatic rings. The van der Waals surface area contributed by atoms with Gasteiger partial charge in [-0.3, -0.25) is 0 Å². The molecule has 0 spiro atoms. The van der Waals surface area contributed by atoms with E-state index in [9.17, 15) is 4.79 Å². The molecule has 0 saturated heterocycles. The van der Waals surface area contributed by atoms with Crippen molar-refractivity contribution in [3.05, 3.63) is 48.0 Å².